The fourth-order valence-electron chi connectivity index (χ4n) is 2.25. The number of nitrogens with zero attached hydrogens (tertiary/aromatic N) is 3. The Hall–Kier alpha value is -1.66. The second kappa shape index (κ2) is 7.95. The number of nitrogens with one attached hydrogen (secondary N) is 1. The number of carbonyl (C=O) groups excluding carboxylic acids is 1. The minimum atomic E-state index is 0.0223. The van der Waals surface area contributed by atoms with E-state index >= 15 is 0 Å². The monoisotopic (exact) mass is 292 g/mol. The first-order chi connectivity index (χ1) is 10.2. The molecule has 0 radical (unpaired) electrons. The van der Waals surface area contributed by atoms with E-state index in [4.69, 9.17) is 4.74 Å². The molecule has 0 saturated carbocycles. The third kappa shape index (κ3) is 4.68. The summed E-state index contributed by atoms with van der Waals surface area (Å²) in [5.41, 5.74) is 1.45. The standard InChI is InChI=1S/C15H24N4O2/c1-18-7-9-19(10-8-18)15(20)14-5-4-13(12-17-14)16-6-3-11-21-2/h4-5,12,16H,3,6-11H2,1-2H3. The van der Waals surface area contributed by atoms with Crippen LogP contribution >= 0.6 is 0 Å². The zero-order valence-electron chi connectivity index (χ0n) is 12.8. The Morgan fingerprint density at radius 2 is 2.10 bits per heavy atom. The van der Waals surface area contributed by atoms with Crippen molar-refractivity contribution in [3.8, 4) is 0 Å². The van der Waals surface area contributed by atoms with E-state index < -0.39 is 0 Å². The van der Waals surface area contributed by atoms with Gasteiger partial charge in [-0.25, -0.2) is 4.98 Å². The number of anilines is 1. The van der Waals surface area contributed by atoms with Crippen molar-refractivity contribution >= 4 is 11.6 Å². The Kier molecular flexibility index (Phi) is 5.95. The summed E-state index contributed by atoms with van der Waals surface area (Å²) in [7, 11) is 3.77. The van der Waals surface area contributed by atoms with Crippen molar-refractivity contribution < 1.29 is 9.53 Å². The van der Waals surface area contributed by atoms with Gasteiger partial charge >= 0.3 is 0 Å². The van der Waals surface area contributed by atoms with E-state index in [2.05, 4.69) is 22.2 Å². The second-order valence-electron chi connectivity index (χ2n) is 5.30. The molecule has 1 aliphatic heterocycles. The number of likely N-dealkylation sites (N-methyl/N-ethyl adjacent to an activating group) is 1. The topological polar surface area (TPSA) is 57.7 Å². The number of carbonyl (C=O) groups is 1. The lowest BCUT2D eigenvalue weighted by atomic mass is 10.2. The number of methoxy groups -OCH3 is 1. The van der Waals surface area contributed by atoms with Crippen molar-refractivity contribution in [3.05, 3.63) is 24.0 Å². The van der Waals surface area contributed by atoms with E-state index in [9.17, 15) is 4.79 Å². The van der Waals surface area contributed by atoms with Crippen LogP contribution < -0.4 is 5.32 Å². The van der Waals surface area contributed by atoms with Crippen LogP contribution in [0.25, 0.3) is 0 Å². The van der Waals surface area contributed by atoms with Gasteiger partial charge in [0.2, 0.25) is 0 Å². The van der Waals surface area contributed by atoms with Crippen LogP contribution in [0.15, 0.2) is 18.3 Å². The van der Waals surface area contributed by atoms with Crippen molar-refractivity contribution in [2.24, 2.45) is 0 Å². The highest BCUT2D eigenvalue weighted by Gasteiger charge is 2.20. The van der Waals surface area contributed by atoms with Crippen LogP contribution in [0.1, 0.15) is 16.9 Å². The number of hydrogen-bond acceptors (Lipinski definition) is 5. The van der Waals surface area contributed by atoms with E-state index in [0.29, 0.717) is 5.69 Å². The summed E-state index contributed by atoms with van der Waals surface area (Å²) in [5, 5.41) is 3.26. The first-order valence-electron chi connectivity index (χ1n) is 7.37. The first-order valence-corrected chi connectivity index (χ1v) is 7.37. The minimum absolute atomic E-state index is 0.0223. The molecule has 0 aliphatic carbocycles. The molecular weight excluding hydrogens is 268 g/mol. The quantitative estimate of drug-likeness (QED) is 0.790. The summed E-state index contributed by atoms with van der Waals surface area (Å²) in [6.07, 6.45) is 2.66. The third-order valence-corrected chi connectivity index (χ3v) is 3.63. The molecule has 1 saturated heterocycles. The van der Waals surface area contributed by atoms with Crippen molar-refractivity contribution in [1.82, 2.24) is 14.8 Å². The number of ether oxygens (including phenoxy) is 1. The smallest absolute Gasteiger partial charge is 0.272 e. The largest absolute Gasteiger partial charge is 0.385 e. The van der Waals surface area contributed by atoms with Crippen LogP contribution in [0.5, 0.6) is 0 Å². The summed E-state index contributed by atoms with van der Waals surface area (Å²) >= 11 is 0. The maximum absolute atomic E-state index is 12.3. The number of piperazine rings is 1. The second-order valence-corrected chi connectivity index (χ2v) is 5.30. The molecule has 1 aromatic heterocycles. The van der Waals surface area contributed by atoms with Crippen LogP contribution in [0, 0.1) is 0 Å². The van der Waals surface area contributed by atoms with E-state index in [1.54, 1.807) is 19.4 Å². The minimum Gasteiger partial charge on any atom is -0.385 e. The first kappa shape index (κ1) is 15.7. The molecule has 0 unspecified atom stereocenters. The highest BCUT2D eigenvalue weighted by atomic mass is 16.5. The van der Waals surface area contributed by atoms with E-state index in [1.807, 2.05) is 11.0 Å². The molecule has 1 amide bonds. The lowest BCUT2D eigenvalue weighted by Crippen LogP contribution is -2.47. The van der Waals surface area contributed by atoms with Crippen LogP contribution in [0.2, 0.25) is 0 Å². The van der Waals surface area contributed by atoms with Gasteiger partial charge in [0.25, 0.3) is 5.91 Å². The molecule has 6 nitrogen and oxygen atoms in total. The number of aromatic nitrogens is 1. The van der Waals surface area contributed by atoms with Crippen LogP contribution in [0.3, 0.4) is 0 Å². The Morgan fingerprint density at radius 1 is 1.33 bits per heavy atom. The van der Waals surface area contributed by atoms with E-state index in [1.165, 1.54) is 0 Å². The van der Waals surface area contributed by atoms with Gasteiger partial charge in [-0.1, -0.05) is 0 Å². The molecule has 21 heavy (non-hydrogen) atoms. The predicted octanol–water partition coefficient (Wildman–Crippen LogP) is 0.918. The van der Waals surface area contributed by atoms with Gasteiger partial charge in [-0.05, 0) is 25.6 Å². The average Bonchev–Trinajstić information content (AvgIpc) is 2.52. The Bertz CT molecular complexity index is 441. The van der Waals surface area contributed by atoms with Gasteiger partial charge in [-0.2, -0.15) is 0 Å². The van der Waals surface area contributed by atoms with Gasteiger partial charge in [0.05, 0.1) is 11.9 Å². The normalized spacial score (nSPS) is 16.0. The fourth-order valence-corrected chi connectivity index (χ4v) is 2.25. The molecule has 1 fully saturated rings. The fraction of sp³-hybridized carbons (Fsp3) is 0.600. The molecule has 116 valence electrons. The maximum Gasteiger partial charge on any atom is 0.272 e. The molecule has 0 spiro atoms. The summed E-state index contributed by atoms with van der Waals surface area (Å²) in [5.74, 6) is 0.0223. The molecule has 6 heteroatoms. The SMILES string of the molecule is COCCCNc1ccc(C(=O)N2CCN(C)CC2)nc1. The van der Waals surface area contributed by atoms with Crippen LogP contribution in [-0.2, 0) is 4.74 Å². The van der Waals surface area contributed by atoms with Crippen molar-refractivity contribution in [2.75, 3.05) is 58.8 Å². The van der Waals surface area contributed by atoms with Crippen molar-refractivity contribution in [3.63, 3.8) is 0 Å². The van der Waals surface area contributed by atoms with Crippen LogP contribution in [0.4, 0.5) is 5.69 Å². The van der Waals surface area contributed by atoms with E-state index in [0.717, 1.165) is 51.4 Å². The predicted molar refractivity (Wildman–Crippen MR) is 82.6 cm³/mol. The molecule has 2 rings (SSSR count). The molecule has 0 bridgehead atoms. The van der Waals surface area contributed by atoms with E-state index in [-0.39, 0.29) is 5.91 Å². The van der Waals surface area contributed by atoms with Gasteiger partial charge < -0.3 is 19.9 Å². The molecule has 1 N–H and O–H groups in total. The zero-order valence-corrected chi connectivity index (χ0v) is 12.8. The zero-order chi connectivity index (χ0) is 15.1. The number of amides is 1. The molecular formula is C15H24N4O2. The Balaban J connectivity index is 1.85. The highest BCUT2D eigenvalue weighted by Crippen LogP contribution is 2.10. The Morgan fingerprint density at radius 3 is 2.71 bits per heavy atom. The average molecular weight is 292 g/mol. The van der Waals surface area contributed by atoms with Gasteiger partial charge in [-0.3, -0.25) is 4.79 Å². The van der Waals surface area contributed by atoms with Crippen LogP contribution in [-0.4, -0.2) is 74.2 Å². The lowest BCUT2D eigenvalue weighted by Gasteiger charge is -2.32. The van der Waals surface area contributed by atoms with Gasteiger partial charge in [0.1, 0.15) is 5.69 Å². The summed E-state index contributed by atoms with van der Waals surface area (Å²) in [4.78, 5) is 20.7. The maximum atomic E-state index is 12.3. The molecule has 0 atom stereocenters. The summed E-state index contributed by atoms with van der Waals surface area (Å²) in [6.45, 7) is 4.96. The van der Waals surface area contributed by atoms with Crippen molar-refractivity contribution in [1.29, 1.82) is 0 Å². The Labute approximate surface area is 126 Å². The summed E-state index contributed by atoms with van der Waals surface area (Å²) in [6, 6.07) is 3.70. The molecule has 1 aromatic rings. The van der Waals surface area contributed by atoms with Gasteiger partial charge in [0.15, 0.2) is 0 Å². The number of pyridine rings is 1. The van der Waals surface area contributed by atoms with Gasteiger partial charge in [0, 0.05) is 46.4 Å². The molecule has 2 heterocycles. The van der Waals surface area contributed by atoms with Gasteiger partial charge in [-0.15, -0.1) is 0 Å². The van der Waals surface area contributed by atoms with Crippen molar-refractivity contribution in [2.45, 2.75) is 6.42 Å². The molecule has 1 aliphatic rings. The highest BCUT2D eigenvalue weighted by molar-refractivity contribution is 5.92. The summed E-state index contributed by atoms with van der Waals surface area (Å²) < 4.78 is 5.00. The number of hydrogen-bond donors (Lipinski definition) is 1. The third-order valence-electron chi connectivity index (χ3n) is 3.63. The lowest BCUT2D eigenvalue weighted by molar-refractivity contribution is 0.0658. The number of rotatable bonds is 6. The molecule has 0 aromatic carbocycles.